The maximum Gasteiger partial charge on any atom is 0.142 e. The number of alkyl halides is 1. The van der Waals surface area contributed by atoms with Gasteiger partial charge >= 0.3 is 0 Å². The average molecular weight is 229 g/mol. The summed E-state index contributed by atoms with van der Waals surface area (Å²) < 4.78 is 14.5. The molecule has 0 saturated carbocycles. The Bertz CT molecular complexity index is 462. The first-order valence-electron chi connectivity index (χ1n) is 4.51. The molecule has 0 spiro atoms. The molecule has 0 bridgehead atoms. The Morgan fingerprint density at radius 1 is 1.43 bits per heavy atom. The number of fused-ring (bicyclic) bond motifs is 1. The van der Waals surface area contributed by atoms with E-state index in [9.17, 15) is 4.39 Å². The van der Waals surface area contributed by atoms with Crippen molar-refractivity contribution in [1.29, 1.82) is 0 Å². The van der Waals surface area contributed by atoms with E-state index >= 15 is 0 Å². The van der Waals surface area contributed by atoms with Gasteiger partial charge in [0.15, 0.2) is 0 Å². The van der Waals surface area contributed by atoms with E-state index < -0.39 is 0 Å². The van der Waals surface area contributed by atoms with Gasteiger partial charge in [-0.2, -0.15) is 0 Å². The zero-order chi connectivity index (χ0) is 10.1. The van der Waals surface area contributed by atoms with Crippen molar-refractivity contribution in [3.63, 3.8) is 0 Å². The molecule has 3 heteroatoms. The van der Waals surface area contributed by atoms with Crippen LogP contribution in [-0.4, -0.2) is 0 Å². The van der Waals surface area contributed by atoms with Gasteiger partial charge in [0.2, 0.25) is 0 Å². The first-order chi connectivity index (χ1) is 6.77. The highest BCUT2D eigenvalue weighted by Crippen LogP contribution is 2.31. The SMILES string of the molecule is CCc1c(CCl)ccc2scc(F)c12. The van der Waals surface area contributed by atoms with Crippen LogP contribution in [0.15, 0.2) is 17.5 Å². The fourth-order valence-corrected chi connectivity index (χ4v) is 2.82. The normalized spacial score (nSPS) is 11.1. The van der Waals surface area contributed by atoms with Crippen LogP contribution in [0.1, 0.15) is 18.1 Å². The summed E-state index contributed by atoms with van der Waals surface area (Å²) in [5, 5.41) is 2.32. The molecule has 2 rings (SSSR count). The standard InChI is InChI=1S/C11H10ClFS/c1-2-8-7(5-12)3-4-10-11(8)9(13)6-14-10/h3-4,6H,2,5H2,1H3. The maximum absolute atomic E-state index is 13.5. The Labute approximate surface area is 91.3 Å². The molecule has 0 radical (unpaired) electrons. The highest BCUT2D eigenvalue weighted by atomic mass is 35.5. The summed E-state index contributed by atoms with van der Waals surface area (Å²) >= 11 is 7.26. The molecule has 0 aliphatic carbocycles. The van der Waals surface area contributed by atoms with Gasteiger partial charge in [-0.05, 0) is 23.6 Å². The number of benzene rings is 1. The molecule has 0 atom stereocenters. The summed E-state index contributed by atoms with van der Waals surface area (Å²) in [5.74, 6) is 0.336. The first-order valence-corrected chi connectivity index (χ1v) is 5.92. The summed E-state index contributed by atoms with van der Waals surface area (Å²) in [7, 11) is 0. The van der Waals surface area contributed by atoms with Gasteiger partial charge in [-0.1, -0.05) is 13.0 Å². The second kappa shape index (κ2) is 3.87. The Balaban J connectivity index is 2.81. The van der Waals surface area contributed by atoms with Crippen LogP contribution >= 0.6 is 22.9 Å². The van der Waals surface area contributed by atoms with Crippen molar-refractivity contribution in [2.45, 2.75) is 19.2 Å². The van der Waals surface area contributed by atoms with Crippen molar-refractivity contribution in [2.75, 3.05) is 0 Å². The van der Waals surface area contributed by atoms with E-state index in [0.29, 0.717) is 5.88 Å². The number of hydrogen-bond acceptors (Lipinski definition) is 1. The van der Waals surface area contributed by atoms with E-state index in [1.165, 1.54) is 11.3 Å². The topological polar surface area (TPSA) is 0 Å². The van der Waals surface area contributed by atoms with Gasteiger partial charge in [-0.25, -0.2) is 4.39 Å². The average Bonchev–Trinajstić information content (AvgIpc) is 2.59. The van der Waals surface area contributed by atoms with Crippen LogP contribution in [0.2, 0.25) is 0 Å². The van der Waals surface area contributed by atoms with E-state index in [4.69, 9.17) is 11.6 Å². The largest absolute Gasteiger partial charge is 0.205 e. The second-order valence-corrected chi connectivity index (χ2v) is 4.33. The molecule has 0 unspecified atom stereocenters. The lowest BCUT2D eigenvalue weighted by Crippen LogP contribution is -1.91. The molecular formula is C11H10ClFS. The molecule has 0 aliphatic rings. The summed E-state index contributed by atoms with van der Waals surface area (Å²) in [4.78, 5) is 0. The molecule has 1 aromatic heterocycles. The third-order valence-electron chi connectivity index (χ3n) is 2.40. The maximum atomic E-state index is 13.5. The van der Waals surface area contributed by atoms with Crippen LogP contribution in [-0.2, 0) is 12.3 Å². The molecule has 1 aromatic carbocycles. The van der Waals surface area contributed by atoms with Gasteiger partial charge in [-0.15, -0.1) is 22.9 Å². The van der Waals surface area contributed by atoms with Crippen molar-refractivity contribution in [3.05, 3.63) is 34.5 Å². The van der Waals surface area contributed by atoms with Crippen LogP contribution in [0.4, 0.5) is 4.39 Å². The van der Waals surface area contributed by atoms with Crippen LogP contribution in [0, 0.1) is 5.82 Å². The Morgan fingerprint density at radius 2 is 2.21 bits per heavy atom. The molecule has 0 nitrogen and oxygen atoms in total. The minimum Gasteiger partial charge on any atom is -0.205 e. The summed E-state index contributed by atoms with van der Waals surface area (Å²) in [6.45, 7) is 2.03. The van der Waals surface area contributed by atoms with Gasteiger partial charge in [0.1, 0.15) is 5.82 Å². The van der Waals surface area contributed by atoms with Crippen molar-refractivity contribution < 1.29 is 4.39 Å². The fourth-order valence-electron chi connectivity index (χ4n) is 1.73. The molecule has 0 aliphatic heterocycles. The van der Waals surface area contributed by atoms with Crippen LogP contribution in [0.5, 0.6) is 0 Å². The number of aryl methyl sites for hydroxylation is 1. The third kappa shape index (κ3) is 1.43. The summed E-state index contributed by atoms with van der Waals surface area (Å²) in [6.07, 6.45) is 0.826. The molecule has 0 N–H and O–H groups in total. The van der Waals surface area contributed by atoms with Gasteiger partial charge in [0, 0.05) is 21.3 Å². The van der Waals surface area contributed by atoms with Gasteiger partial charge in [0.25, 0.3) is 0 Å². The zero-order valence-electron chi connectivity index (χ0n) is 7.81. The molecule has 2 aromatic rings. The number of hydrogen-bond donors (Lipinski definition) is 0. The first kappa shape index (κ1) is 9.94. The van der Waals surface area contributed by atoms with Crippen molar-refractivity contribution in [3.8, 4) is 0 Å². The van der Waals surface area contributed by atoms with Gasteiger partial charge in [0.05, 0.1) is 0 Å². The number of thiophene rings is 1. The zero-order valence-corrected chi connectivity index (χ0v) is 9.38. The van der Waals surface area contributed by atoms with E-state index in [1.54, 1.807) is 5.38 Å². The van der Waals surface area contributed by atoms with Crippen LogP contribution < -0.4 is 0 Å². The lowest BCUT2D eigenvalue weighted by atomic mass is 10.0. The molecule has 1 heterocycles. The lowest BCUT2D eigenvalue weighted by molar-refractivity contribution is 0.643. The van der Waals surface area contributed by atoms with Crippen molar-refractivity contribution >= 4 is 33.0 Å². The predicted octanol–water partition coefficient (Wildman–Crippen LogP) is 4.34. The monoisotopic (exact) mass is 228 g/mol. The Hall–Kier alpha value is -0.600. The molecule has 74 valence electrons. The number of rotatable bonds is 2. The van der Waals surface area contributed by atoms with Crippen LogP contribution in [0.25, 0.3) is 10.1 Å². The van der Waals surface area contributed by atoms with E-state index in [2.05, 4.69) is 0 Å². The Morgan fingerprint density at radius 3 is 2.86 bits per heavy atom. The van der Waals surface area contributed by atoms with E-state index in [1.807, 2.05) is 19.1 Å². The second-order valence-electron chi connectivity index (χ2n) is 3.15. The Kier molecular flexibility index (Phi) is 2.75. The minimum atomic E-state index is -0.117. The van der Waals surface area contributed by atoms with E-state index in [0.717, 1.165) is 27.6 Å². The van der Waals surface area contributed by atoms with Crippen molar-refractivity contribution in [2.24, 2.45) is 0 Å². The van der Waals surface area contributed by atoms with E-state index in [-0.39, 0.29) is 5.82 Å². The molecule has 14 heavy (non-hydrogen) atoms. The molecule has 0 fully saturated rings. The highest BCUT2D eigenvalue weighted by molar-refractivity contribution is 7.17. The van der Waals surface area contributed by atoms with Crippen molar-refractivity contribution in [1.82, 2.24) is 0 Å². The van der Waals surface area contributed by atoms with Gasteiger partial charge in [-0.3, -0.25) is 0 Å². The lowest BCUT2D eigenvalue weighted by Gasteiger charge is -2.06. The van der Waals surface area contributed by atoms with Crippen LogP contribution in [0.3, 0.4) is 0 Å². The summed E-state index contributed by atoms with van der Waals surface area (Å²) in [6, 6.07) is 3.93. The molecular weight excluding hydrogens is 219 g/mol. The van der Waals surface area contributed by atoms with Gasteiger partial charge < -0.3 is 0 Å². The highest BCUT2D eigenvalue weighted by Gasteiger charge is 2.10. The predicted molar refractivity (Wildman–Crippen MR) is 60.7 cm³/mol. The number of halogens is 2. The third-order valence-corrected chi connectivity index (χ3v) is 3.60. The minimum absolute atomic E-state index is 0.117. The molecule has 0 saturated heterocycles. The fraction of sp³-hybridized carbons (Fsp3) is 0.273. The quantitative estimate of drug-likeness (QED) is 0.671. The summed E-state index contributed by atoms with van der Waals surface area (Å²) in [5.41, 5.74) is 2.09. The molecule has 0 amide bonds. The smallest absolute Gasteiger partial charge is 0.142 e.